The second-order valence-electron chi connectivity index (χ2n) is 1.95. The van der Waals surface area contributed by atoms with Crippen LogP contribution in [0, 0.1) is 5.21 Å². The lowest BCUT2D eigenvalue weighted by Crippen LogP contribution is -2.03. The van der Waals surface area contributed by atoms with Crippen molar-refractivity contribution >= 4 is 17.7 Å². The largest absolute Gasteiger partial charge is 0.775 e. The Morgan fingerprint density at radius 3 is 2.64 bits per heavy atom. The molecule has 0 aromatic carbocycles. The van der Waals surface area contributed by atoms with Crippen LogP contribution in [0.1, 0.15) is 0 Å². The van der Waals surface area contributed by atoms with Gasteiger partial charge in [0.1, 0.15) is 0 Å². The van der Waals surface area contributed by atoms with Gasteiger partial charge in [0.2, 0.25) is 0 Å². The van der Waals surface area contributed by atoms with Crippen LogP contribution >= 0.6 is 0 Å². The summed E-state index contributed by atoms with van der Waals surface area (Å²) in [6.45, 7) is 0. The average molecular weight is 198 g/mol. The van der Waals surface area contributed by atoms with Crippen LogP contribution < -0.4 is 11.9 Å². The minimum Gasteiger partial charge on any atom is -0.775 e. The van der Waals surface area contributed by atoms with Crippen LogP contribution in [0.3, 0.4) is 0 Å². The summed E-state index contributed by atoms with van der Waals surface area (Å²) < 4.78 is 1.06. The summed E-state index contributed by atoms with van der Waals surface area (Å²) in [7, 11) is 0. The molecule has 0 aliphatic carbocycles. The number of aromatic nitrogens is 6. The number of nitrogens with zero attached hydrogens (tertiary/aromatic N) is 8. The predicted molar refractivity (Wildman–Crippen MR) is 44.7 cm³/mol. The van der Waals surface area contributed by atoms with Gasteiger partial charge in [0.15, 0.2) is 0 Å². The highest BCUT2D eigenvalue weighted by Gasteiger charge is 2.06. The minimum atomic E-state index is -0.0911. The molecule has 2 rings (SSSR count). The van der Waals surface area contributed by atoms with E-state index in [1.807, 2.05) is 0 Å². The standard InChI is InChI=1S/C3H3N9O.H3N/c4-1-5-6-2-7-8-3(9-11-13)12(2)10-1;/h(H2,4,10)(H,8,9,13);1H3. The molecule has 0 saturated heterocycles. The number of quaternary nitrogens is 1. The number of anilines is 1. The molecular weight excluding hydrogens is 192 g/mol. The lowest BCUT2D eigenvalue weighted by Gasteiger charge is -1.92. The van der Waals surface area contributed by atoms with Gasteiger partial charge in [0, 0.05) is 0 Å². The molecule has 0 radical (unpaired) electrons. The molecule has 0 spiro atoms. The maximum absolute atomic E-state index is 9.81. The highest BCUT2D eigenvalue weighted by atomic mass is 16.5. The minimum absolute atomic E-state index is 0. The van der Waals surface area contributed by atoms with Gasteiger partial charge in [-0.25, -0.2) is 5.28 Å². The smallest absolute Gasteiger partial charge is 0.292 e. The highest BCUT2D eigenvalue weighted by Crippen LogP contribution is 2.07. The van der Waals surface area contributed by atoms with Gasteiger partial charge in [-0.1, -0.05) is 0 Å². The Balaban J connectivity index is 0.000000980. The Morgan fingerprint density at radius 2 is 1.93 bits per heavy atom. The first-order valence-corrected chi connectivity index (χ1v) is 3.06. The van der Waals surface area contributed by atoms with E-state index in [2.05, 4.69) is 35.9 Å². The molecule has 74 valence electrons. The van der Waals surface area contributed by atoms with E-state index < -0.39 is 0 Å². The van der Waals surface area contributed by atoms with Gasteiger partial charge in [-0.15, -0.1) is 30.6 Å². The number of hydrogen-bond acceptors (Lipinski definition) is 9. The van der Waals surface area contributed by atoms with E-state index in [0.717, 1.165) is 4.52 Å². The SMILES string of the molecule is Nc1nnc2nnc(/N=N/[O-])n2n1.[NH4+]. The van der Waals surface area contributed by atoms with E-state index in [-0.39, 0.29) is 23.8 Å². The number of fused-ring (bicyclic) bond motifs is 1. The topological polar surface area (TPSA) is 179 Å². The van der Waals surface area contributed by atoms with Gasteiger partial charge in [0.05, 0.1) is 0 Å². The van der Waals surface area contributed by atoms with Crippen LogP contribution in [0.25, 0.3) is 5.78 Å². The normalized spacial score (nSPS) is 10.6. The second-order valence-corrected chi connectivity index (χ2v) is 1.95. The molecule has 6 N–H and O–H groups in total. The van der Waals surface area contributed by atoms with Gasteiger partial charge in [0.25, 0.3) is 17.7 Å². The van der Waals surface area contributed by atoms with Crippen molar-refractivity contribution in [2.75, 3.05) is 5.73 Å². The summed E-state index contributed by atoms with van der Waals surface area (Å²) in [5.74, 6) is -0.0714. The number of hydrogen-bond donors (Lipinski definition) is 2. The van der Waals surface area contributed by atoms with E-state index in [4.69, 9.17) is 5.73 Å². The first kappa shape index (κ1) is 9.66. The molecule has 0 unspecified atom stereocenters. The van der Waals surface area contributed by atoms with E-state index in [9.17, 15) is 5.21 Å². The molecule has 0 aliphatic heterocycles. The Kier molecular flexibility index (Phi) is 2.43. The van der Waals surface area contributed by atoms with Crippen molar-refractivity contribution in [3.8, 4) is 0 Å². The van der Waals surface area contributed by atoms with Gasteiger partial charge < -0.3 is 17.1 Å². The van der Waals surface area contributed by atoms with Crippen LogP contribution in [0.4, 0.5) is 11.9 Å². The summed E-state index contributed by atoms with van der Waals surface area (Å²) in [6, 6.07) is 0. The summed E-state index contributed by atoms with van der Waals surface area (Å²) in [4.78, 5) is 0. The first-order chi connectivity index (χ1) is 6.31. The molecular formula is C3H6N10O. The predicted octanol–water partition coefficient (Wildman–Crippen LogP) is -0.546. The van der Waals surface area contributed by atoms with Crippen LogP contribution in [0.15, 0.2) is 10.4 Å². The molecule has 14 heavy (non-hydrogen) atoms. The Hall–Kier alpha value is -2.43. The van der Waals surface area contributed by atoms with Crippen molar-refractivity contribution in [3.05, 3.63) is 5.21 Å². The molecule has 2 heterocycles. The molecule has 2 aromatic heterocycles. The monoisotopic (exact) mass is 198 g/mol. The zero-order valence-electron chi connectivity index (χ0n) is 7.06. The van der Waals surface area contributed by atoms with Crippen molar-refractivity contribution in [1.29, 1.82) is 0 Å². The molecule has 11 nitrogen and oxygen atoms in total. The highest BCUT2D eigenvalue weighted by molar-refractivity contribution is 5.32. The fraction of sp³-hybridized carbons (Fsp3) is 0. The van der Waals surface area contributed by atoms with Crippen molar-refractivity contribution in [3.63, 3.8) is 0 Å². The molecule has 0 atom stereocenters. The first-order valence-electron chi connectivity index (χ1n) is 3.06. The van der Waals surface area contributed by atoms with Crippen molar-refractivity contribution < 1.29 is 0 Å². The van der Waals surface area contributed by atoms with E-state index >= 15 is 0 Å². The Morgan fingerprint density at radius 1 is 1.21 bits per heavy atom. The third-order valence-corrected chi connectivity index (χ3v) is 1.18. The van der Waals surface area contributed by atoms with Crippen LogP contribution in [0.5, 0.6) is 0 Å². The van der Waals surface area contributed by atoms with Crippen molar-refractivity contribution in [2.45, 2.75) is 0 Å². The number of nitrogens with two attached hydrogens (primary N) is 1. The van der Waals surface area contributed by atoms with Gasteiger partial charge in [-0.05, 0) is 0 Å². The molecule has 0 saturated carbocycles. The molecule has 0 amide bonds. The molecule has 11 heteroatoms. The van der Waals surface area contributed by atoms with Crippen LogP contribution in [-0.4, -0.2) is 30.0 Å². The maximum Gasteiger partial charge on any atom is 0.292 e. The lowest BCUT2D eigenvalue weighted by molar-refractivity contribution is 0.834. The second kappa shape index (κ2) is 3.53. The fourth-order valence-electron chi connectivity index (χ4n) is 0.733. The van der Waals surface area contributed by atoms with Gasteiger partial charge >= 0.3 is 0 Å². The fourth-order valence-corrected chi connectivity index (χ4v) is 0.733. The summed E-state index contributed by atoms with van der Waals surface area (Å²) in [5.41, 5.74) is 5.24. The van der Waals surface area contributed by atoms with Gasteiger partial charge in [-0.3, -0.25) is 0 Å². The molecule has 0 bridgehead atoms. The average Bonchev–Trinajstić information content (AvgIpc) is 2.49. The molecule has 0 aliphatic rings. The zero-order valence-corrected chi connectivity index (χ0v) is 7.06. The third kappa shape index (κ3) is 1.38. The van der Waals surface area contributed by atoms with E-state index in [0.29, 0.717) is 0 Å². The zero-order chi connectivity index (χ0) is 9.26. The van der Waals surface area contributed by atoms with Crippen molar-refractivity contribution in [1.82, 2.24) is 36.2 Å². The van der Waals surface area contributed by atoms with E-state index in [1.54, 1.807) is 0 Å². The van der Waals surface area contributed by atoms with Crippen LogP contribution in [-0.2, 0) is 0 Å². The quantitative estimate of drug-likeness (QED) is 0.455. The summed E-state index contributed by atoms with van der Waals surface area (Å²) in [6.07, 6.45) is 0. The van der Waals surface area contributed by atoms with E-state index in [1.165, 1.54) is 0 Å². The molecule has 2 aromatic rings. The van der Waals surface area contributed by atoms with Crippen LogP contribution in [0.2, 0.25) is 0 Å². The lowest BCUT2D eigenvalue weighted by atomic mass is 11.0. The number of rotatable bonds is 1. The third-order valence-electron chi connectivity index (χ3n) is 1.18. The summed E-state index contributed by atoms with van der Waals surface area (Å²) in [5, 5.41) is 32.8. The number of nitrogen functional groups attached to an aromatic ring is 1. The Labute approximate surface area is 76.2 Å². The Bertz CT molecular complexity index is 459. The maximum atomic E-state index is 9.81. The molecule has 0 fully saturated rings. The van der Waals surface area contributed by atoms with Crippen molar-refractivity contribution in [2.24, 2.45) is 10.4 Å². The summed E-state index contributed by atoms with van der Waals surface area (Å²) >= 11 is 0. The van der Waals surface area contributed by atoms with Gasteiger partial charge in [-0.2, -0.15) is 4.52 Å².